The summed E-state index contributed by atoms with van der Waals surface area (Å²) < 4.78 is 0. The lowest BCUT2D eigenvalue weighted by molar-refractivity contribution is 1.33. The summed E-state index contributed by atoms with van der Waals surface area (Å²) in [5.74, 6) is 0. The molecule has 0 nitrogen and oxygen atoms in total. The summed E-state index contributed by atoms with van der Waals surface area (Å²) in [5, 5.41) is 1.64. The zero-order valence-corrected chi connectivity index (χ0v) is 12.9. The first-order valence-electron chi connectivity index (χ1n) is 6.96. The van der Waals surface area contributed by atoms with Crippen molar-refractivity contribution in [2.24, 2.45) is 0 Å². The van der Waals surface area contributed by atoms with E-state index in [9.17, 15) is 0 Å². The minimum absolute atomic E-state index is 1.11. The van der Waals surface area contributed by atoms with Gasteiger partial charge in [-0.15, -0.1) is 0 Å². The Morgan fingerprint density at radius 2 is 1.63 bits per heavy atom. The van der Waals surface area contributed by atoms with Gasteiger partial charge in [0.1, 0.15) is 0 Å². The molecule has 2 aromatic rings. The van der Waals surface area contributed by atoms with Gasteiger partial charge in [-0.05, 0) is 33.9 Å². The zero-order chi connectivity index (χ0) is 13.5. The van der Waals surface area contributed by atoms with Gasteiger partial charge in [-0.25, -0.2) is 0 Å². The van der Waals surface area contributed by atoms with Crippen molar-refractivity contribution in [2.45, 2.75) is 26.1 Å². The molecule has 0 N–H and O–H groups in total. The Bertz CT molecular complexity index is 631. The maximum Gasteiger partial charge on any atom is 0.0788 e. The molecule has 0 saturated carbocycles. The van der Waals surface area contributed by atoms with Crippen LogP contribution in [0.5, 0.6) is 0 Å². The molecule has 0 saturated heterocycles. The van der Waals surface area contributed by atoms with E-state index in [4.69, 9.17) is 0 Å². The number of fused-ring (bicyclic) bond motifs is 1. The molecule has 0 unspecified atom stereocenters. The van der Waals surface area contributed by atoms with Crippen LogP contribution in [-0.4, -0.2) is 8.07 Å². The molecule has 0 bridgehead atoms. The van der Waals surface area contributed by atoms with E-state index in [1.165, 1.54) is 16.7 Å². The van der Waals surface area contributed by atoms with Gasteiger partial charge in [-0.3, -0.25) is 0 Å². The van der Waals surface area contributed by atoms with Gasteiger partial charge in [0.2, 0.25) is 0 Å². The Morgan fingerprint density at radius 1 is 0.895 bits per heavy atom. The Kier molecular flexibility index (Phi) is 2.94. The fourth-order valence-electron chi connectivity index (χ4n) is 3.06. The quantitative estimate of drug-likeness (QED) is 0.702. The van der Waals surface area contributed by atoms with Crippen molar-refractivity contribution in [3.8, 4) is 11.1 Å². The second-order valence-electron chi connectivity index (χ2n) is 6.28. The van der Waals surface area contributed by atoms with Crippen LogP contribution >= 0.6 is 0 Å². The van der Waals surface area contributed by atoms with Crippen LogP contribution in [0.3, 0.4) is 0 Å². The van der Waals surface area contributed by atoms with Crippen molar-refractivity contribution >= 4 is 19.3 Å². The second-order valence-corrected chi connectivity index (χ2v) is 11.3. The average molecular weight is 264 g/mol. The summed E-state index contributed by atoms with van der Waals surface area (Å²) in [6.45, 7) is 7.36. The van der Waals surface area contributed by atoms with Gasteiger partial charge in [0.15, 0.2) is 0 Å². The van der Waals surface area contributed by atoms with Gasteiger partial charge in [0.05, 0.1) is 8.07 Å². The highest BCUT2D eigenvalue weighted by Crippen LogP contribution is 2.28. The minimum atomic E-state index is -1.36. The fourth-order valence-corrected chi connectivity index (χ4v) is 5.25. The molecular weight excluding hydrogens is 244 g/mol. The molecule has 19 heavy (non-hydrogen) atoms. The van der Waals surface area contributed by atoms with Gasteiger partial charge in [-0.2, -0.15) is 0 Å². The lowest BCUT2D eigenvalue weighted by Gasteiger charge is -2.25. The maximum absolute atomic E-state index is 2.45. The molecule has 1 heteroatoms. The van der Waals surface area contributed by atoms with E-state index in [0.717, 1.165) is 6.42 Å². The molecule has 96 valence electrons. The molecule has 0 fully saturated rings. The standard InChI is InChI=1S/C18H20Si/c1-19(2,3)18-16-11-7-10-15(16)12-13-17(18)14-8-5-4-6-9-14/h4-10,12-13H,11H2,1-3H3. The van der Waals surface area contributed by atoms with Gasteiger partial charge >= 0.3 is 0 Å². The molecule has 2 aromatic carbocycles. The van der Waals surface area contributed by atoms with Crippen molar-refractivity contribution in [1.29, 1.82) is 0 Å². The molecule has 3 rings (SSSR count). The van der Waals surface area contributed by atoms with E-state index in [1.54, 1.807) is 10.8 Å². The van der Waals surface area contributed by atoms with E-state index in [-0.39, 0.29) is 0 Å². The summed E-state index contributed by atoms with van der Waals surface area (Å²) in [7, 11) is -1.36. The van der Waals surface area contributed by atoms with E-state index in [1.807, 2.05) is 0 Å². The monoisotopic (exact) mass is 264 g/mol. The highest BCUT2D eigenvalue weighted by atomic mass is 28.3. The number of allylic oxidation sites excluding steroid dienone is 1. The first kappa shape index (κ1) is 12.4. The largest absolute Gasteiger partial charge is 0.0795 e. The number of hydrogen-bond acceptors (Lipinski definition) is 0. The molecule has 0 aliphatic heterocycles. The van der Waals surface area contributed by atoms with Gasteiger partial charge < -0.3 is 0 Å². The van der Waals surface area contributed by atoms with Crippen LogP contribution in [0.15, 0.2) is 48.5 Å². The normalized spacial score (nSPS) is 13.6. The third-order valence-electron chi connectivity index (χ3n) is 3.80. The van der Waals surface area contributed by atoms with Crippen molar-refractivity contribution < 1.29 is 0 Å². The molecule has 0 heterocycles. The SMILES string of the molecule is C[Si](C)(C)c1c(-c2ccccc2)ccc2c1CC=C2. The zero-order valence-electron chi connectivity index (χ0n) is 11.9. The predicted molar refractivity (Wildman–Crippen MR) is 87.6 cm³/mol. The van der Waals surface area contributed by atoms with E-state index in [2.05, 4.69) is 74.3 Å². The highest BCUT2D eigenvalue weighted by Gasteiger charge is 2.26. The van der Waals surface area contributed by atoms with Gasteiger partial charge in [0.25, 0.3) is 0 Å². The Morgan fingerprint density at radius 3 is 2.32 bits per heavy atom. The van der Waals surface area contributed by atoms with Crippen molar-refractivity contribution in [1.82, 2.24) is 0 Å². The summed E-state index contributed by atoms with van der Waals surface area (Å²) in [5.41, 5.74) is 5.80. The highest BCUT2D eigenvalue weighted by molar-refractivity contribution is 6.90. The van der Waals surface area contributed by atoms with Crippen LogP contribution in [0.2, 0.25) is 19.6 Å². The van der Waals surface area contributed by atoms with Crippen molar-refractivity contribution in [3.05, 3.63) is 59.7 Å². The topological polar surface area (TPSA) is 0 Å². The third kappa shape index (κ3) is 2.19. The summed E-state index contributed by atoms with van der Waals surface area (Å²) in [6.07, 6.45) is 5.67. The minimum Gasteiger partial charge on any atom is -0.0795 e. The van der Waals surface area contributed by atoms with Gasteiger partial charge in [-0.1, -0.05) is 74.3 Å². The molecule has 1 aliphatic carbocycles. The van der Waals surface area contributed by atoms with E-state index >= 15 is 0 Å². The molecule has 0 aromatic heterocycles. The number of hydrogen-bond donors (Lipinski definition) is 0. The first-order chi connectivity index (χ1) is 9.07. The average Bonchev–Trinajstić information content (AvgIpc) is 2.85. The predicted octanol–water partition coefficient (Wildman–Crippen LogP) is 4.47. The summed E-state index contributed by atoms with van der Waals surface area (Å²) in [6, 6.07) is 15.4. The van der Waals surface area contributed by atoms with E-state index < -0.39 is 8.07 Å². The summed E-state index contributed by atoms with van der Waals surface area (Å²) >= 11 is 0. The van der Waals surface area contributed by atoms with Gasteiger partial charge in [0, 0.05) is 0 Å². The van der Waals surface area contributed by atoms with Crippen molar-refractivity contribution in [3.63, 3.8) is 0 Å². The molecule has 0 spiro atoms. The van der Waals surface area contributed by atoms with Crippen LogP contribution in [0.1, 0.15) is 11.1 Å². The Hall–Kier alpha value is -1.60. The molecular formula is C18H20Si. The first-order valence-corrected chi connectivity index (χ1v) is 10.5. The van der Waals surface area contributed by atoms with Crippen LogP contribution in [0, 0.1) is 0 Å². The maximum atomic E-state index is 2.45. The lowest BCUT2D eigenvalue weighted by Crippen LogP contribution is -2.41. The van der Waals surface area contributed by atoms with Crippen LogP contribution in [0.25, 0.3) is 17.2 Å². The smallest absolute Gasteiger partial charge is 0.0788 e. The van der Waals surface area contributed by atoms with Crippen molar-refractivity contribution in [2.75, 3.05) is 0 Å². The number of rotatable bonds is 2. The molecule has 1 aliphatic rings. The van der Waals surface area contributed by atoms with Crippen LogP contribution in [-0.2, 0) is 6.42 Å². The molecule has 0 amide bonds. The molecule has 0 radical (unpaired) electrons. The number of benzene rings is 2. The van der Waals surface area contributed by atoms with Crippen LogP contribution in [0.4, 0.5) is 0 Å². The van der Waals surface area contributed by atoms with E-state index in [0.29, 0.717) is 0 Å². The van der Waals surface area contributed by atoms with Crippen LogP contribution < -0.4 is 5.19 Å². The molecule has 0 atom stereocenters. The Balaban J connectivity index is 2.27. The fraction of sp³-hybridized carbons (Fsp3) is 0.222. The lowest BCUT2D eigenvalue weighted by atomic mass is 10.00. The second kappa shape index (κ2) is 4.50. The summed E-state index contributed by atoms with van der Waals surface area (Å²) in [4.78, 5) is 0. The Labute approximate surface area is 116 Å². The third-order valence-corrected chi connectivity index (χ3v) is 5.87.